The molecular formula is C14H22N4O. The number of aromatic nitrogens is 2. The maximum Gasteiger partial charge on any atom is 0.0834 e. The predicted octanol–water partition coefficient (Wildman–Crippen LogP) is 0.426. The van der Waals surface area contributed by atoms with Crippen molar-refractivity contribution in [3.05, 3.63) is 23.8 Å². The molecule has 1 aromatic heterocycles. The van der Waals surface area contributed by atoms with Crippen molar-refractivity contribution >= 4 is 0 Å². The van der Waals surface area contributed by atoms with Gasteiger partial charge in [-0.3, -0.25) is 19.8 Å². The van der Waals surface area contributed by atoms with Crippen LogP contribution >= 0.6 is 0 Å². The largest absolute Gasteiger partial charge is 0.390 e. The zero-order valence-electron chi connectivity index (χ0n) is 11.5. The summed E-state index contributed by atoms with van der Waals surface area (Å²) in [6.07, 6.45) is 5.96. The first-order chi connectivity index (χ1) is 9.22. The molecule has 2 saturated heterocycles. The van der Waals surface area contributed by atoms with Crippen molar-refractivity contribution in [1.29, 1.82) is 0 Å². The van der Waals surface area contributed by atoms with Crippen LogP contribution in [0.15, 0.2) is 12.4 Å². The molecule has 2 atom stereocenters. The van der Waals surface area contributed by atoms with Crippen molar-refractivity contribution in [3.63, 3.8) is 0 Å². The molecule has 0 spiro atoms. The molecule has 2 aliphatic rings. The smallest absolute Gasteiger partial charge is 0.0834 e. The summed E-state index contributed by atoms with van der Waals surface area (Å²) in [6.45, 7) is 6.70. The second kappa shape index (κ2) is 5.53. The van der Waals surface area contributed by atoms with Crippen LogP contribution in [0.4, 0.5) is 0 Å². The summed E-state index contributed by atoms with van der Waals surface area (Å²) >= 11 is 0. The third kappa shape index (κ3) is 2.94. The van der Waals surface area contributed by atoms with Gasteiger partial charge < -0.3 is 5.11 Å². The van der Waals surface area contributed by atoms with Gasteiger partial charge in [0.05, 0.1) is 17.5 Å². The van der Waals surface area contributed by atoms with Crippen LogP contribution in [0.2, 0.25) is 0 Å². The van der Waals surface area contributed by atoms with Crippen molar-refractivity contribution in [1.82, 2.24) is 19.8 Å². The highest BCUT2D eigenvalue weighted by Crippen LogP contribution is 2.21. The van der Waals surface area contributed by atoms with Gasteiger partial charge in [0.25, 0.3) is 0 Å². The molecule has 5 nitrogen and oxygen atoms in total. The Labute approximate surface area is 114 Å². The SMILES string of the molecule is Cc1cnc(CN2C[C@H](O)[C@@H](N3CCCC3)C2)cn1. The standard InChI is InChI=1S/C14H22N4O/c1-11-6-16-12(7-15-11)8-17-9-13(14(19)10-17)18-4-2-3-5-18/h6-7,13-14,19H,2-5,8-10H2,1H3/t13-,14-/m0/s1. The van der Waals surface area contributed by atoms with Gasteiger partial charge in [0.1, 0.15) is 0 Å². The molecule has 0 aromatic carbocycles. The Bertz CT molecular complexity index is 416. The van der Waals surface area contributed by atoms with E-state index in [-0.39, 0.29) is 6.10 Å². The van der Waals surface area contributed by atoms with Gasteiger partial charge >= 0.3 is 0 Å². The van der Waals surface area contributed by atoms with Gasteiger partial charge in [0, 0.05) is 38.1 Å². The van der Waals surface area contributed by atoms with Crippen LogP contribution in [0, 0.1) is 6.92 Å². The van der Waals surface area contributed by atoms with E-state index in [0.29, 0.717) is 6.04 Å². The Hall–Kier alpha value is -1.04. The van der Waals surface area contributed by atoms with Crippen LogP contribution in [-0.2, 0) is 6.54 Å². The first kappa shape index (κ1) is 13.0. The molecule has 0 aliphatic carbocycles. The highest BCUT2D eigenvalue weighted by molar-refractivity contribution is 5.02. The number of hydrogen-bond donors (Lipinski definition) is 1. The van der Waals surface area contributed by atoms with E-state index in [1.165, 1.54) is 12.8 Å². The Morgan fingerprint density at radius 3 is 2.68 bits per heavy atom. The third-order valence-corrected chi connectivity index (χ3v) is 4.16. The lowest BCUT2D eigenvalue weighted by atomic mass is 10.2. The lowest BCUT2D eigenvalue weighted by Gasteiger charge is -2.25. The lowest BCUT2D eigenvalue weighted by molar-refractivity contribution is 0.0978. The van der Waals surface area contributed by atoms with Crippen molar-refractivity contribution in [3.8, 4) is 0 Å². The lowest BCUT2D eigenvalue weighted by Crippen LogP contribution is -2.41. The van der Waals surface area contributed by atoms with Gasteiger partial charge in [-0.15, -0.1) is 0 Å². The van der Waals surface area contributed by atoms with E-state index in [9.17, 15) is 5.11 Å². The van der Waals surface area contributed by atoms with Gasteiger partial charge in [0.2, 0.25) is 0 Å². The fraction of sp³-hybridized carbons (Fsp3) is 0.714. The molecule has 0 saturated carbocycles. The van der Waals surface area contributed by atoms with Gasteiger partial charge in [-0.25, -0.2) is 0 Å². The van der Waals surface area contributed by atoms with Crippen molar-refractivity contribution in [2.24, 2.45) is 0 Å². The van der Waals surface area contributed by atoms with Gasteiger partial charge in [-0.1, -0.05) is 0 Å². The summed E-state index contributed by atoms with van der Waals surface area (Å²) in [4.78, 5) is 13.4. The average Bonchev–Trinajstić information content (AvgIpc) is 3.01. The molecule has 0 radical (unpaired) electrons. The summed E-state index contributed by atoms with van der Waals surface area (Å²) in [5.41, 5.74) is 1.93. The van der Waals surface area contributed by atoms with Crippen LogP contribution in [-0.4, -0.2) is 63.2 Å². The zero-order valence-corrected chi connectivity index (χ0v) is 11.5. The minimum absolute atomic E-state index is 0.225. The molecule has 3 heterocycles. The summed E-state index contributed by atoms with van der Waals surface area (Å²) < 4.78 is 0. The van der Waals surface area contributed by atoms with E-state index in [0.717, 1.165) is 44.1 Å². The molecule has 0 bridgehead atoms. The van der Waals surface area contributed by atoms with Crippen LogP contribution in [0.5, 0.6) is 0 Å². The van der Waals surface area contributed by atoms with E-state index >= 15 is 0 Å². The molecule has 19 heavy (non-hydrogen) atoms. The molecular weight excluding hydrogens is 240 g/mol. The molecule has 104 valence electrons. The Kier molecular flexibility index (Phi) is 3.77. The fourth-order valence-corrected chi connectivity index (χ4v) is 3.14. The number of likely N-dealkylation sites (tertiary alicyclic amines) is 2. The highest BCUT2D eigenvalue weighted by atomic mass is 16.3. The Morgan fingerprint density at radius 2 is 2.00 bits per heavy atom. The van der Waals surface area contributed by atoms with Crippen LogP contribution < -0.4 is 0 Å². The fourth-order valence-electron chi connectivity index (χ4n) is 3.14. The van der Waals surface area contributed by atoms with Gasteiger partial charge in [-0.2, -0.15) is 0 Å². The Morgan fingerprint density at radius 1 is 1.21 bits per heavy atom. The highest BCUT2D eigenvalue weighted by Gasteiger charge is 2.36. The van der Waals surface area contributed by atoms with Crippen molar-refractivity contribution in [2.45, 2.75) is 38.5 Å². The molecule has 2 aliphatic heterocycles. The van der Waals surface area contributed by atoms with Crippen LogP contribution in [0.25, 0.3) is 0 Å². The van der Waals surface area contributed by atoms with E-state index in [4.69, 9.17) is 0 Å². The average molecular weight is 262 g/mol. The maximum absolute atomic E-state index is 10.2. The topological polar surface area (TPSA) is 52.5 Å². The Balaban J connectivity index is 1.59. The normalized spacial score (nSPS) is 29.2. The first-order valence-corrected chi connectivity index (χ1v) is 7.14. The number of β-amino-alcohol motifs (C(OH)–C–C–N with tert-alkyl or cyclic N) is 1. The number of aryl methyl sites for hydroxylation is 1. The summed E-state index contributed by atoms with van der Waals surface area (Å²) in [7, 11) is 0. The monoisotopic (exact) mass is 262 g/mol. The molecule has 2 fully saturated rings. The van der Waals surface area contributed by atoms with E-state index in [1.807, 2.05) is 13.1 Å². The minimum atomic E-state index is -0.225. The van der Waals surface area contributed by atoms with Crippen LogP contribution in [0.3, 0.4) is 0 Å². The molecule has 3 rings (SSSR count). The third-order valence-electron chi connectivity index (χ3n) is 4.16. The van der Waals surface area contributed by atoms with Crippen LogP contribution in [0.1, 0.15) is 24.2 Å². The molecule has 5 heteroatoms. The number of hydrogen-bond acceptors (Lipinski definition) is 5. The number of nitrogens with zero attached hydrogens (tertiary/aromatic N) is 4. The van der Waals surface area contributed by atoms with E-state index in [1.54, 1.807) is 6.20 Å². The number of aliphatic hydroxyl groups is 1. The second-order valence-corrected chi connectivity index (χ2v) is 5.72. The molecule has 1 aromatic rings. The van der Waals surface area contributed by atoms with Gasteiger partial charge in [-0.05, 0) is 32.9 Å². The minimum Gasteiger partial charge on any atom is -0.390 e. The quantitative estimate of drug-likeness (QED) is 0.856. The molecule has 0 unspecified atom stereocenters. The van der Waals surface area contributed by atoms with E-state index in [2.05, 4.69) is 19.8 Å². The summed E-state index contributed by atoms with van der Waals surface area (Å²) in [5.74, 6) is 0. The first-order valence-electron chi connectivity index (χ1n) is 7.14. The van der Waals surface area contributed by atoms with Crippen molar-refractivity contribution in [2.75, 3.05) is 26.2 Å². The summed E-state index contributed by atoms with van der Waals surface area (Å²) in [5, 5.41) is 10.2. The predicted molar refractivity (Wildman–Crippen MR) is 72.6 cm³/mol. The number of rotatable bonds is 3. The van der Waals surface area contributed by atoms with E-state index < -0.39 is 0 Å². The maximum atomic E-state index is 10.2. The molecule has 1 N–H and O–H groups in total. The summed E-state index contributed by atoms with van der Waals surface area (Å²) in [6, 6.07) is 0.306. The molecule has 0 amide bonds. The number of aliphatic hydroxyl groups excluding tert-OH is 1. The zero-order chi connectivity index (χ0) is 13.2. The second-order valence-electron chi connectivity index (χ2n) is 5.72. The van der Waals surface area contributed by atoms with Gasteiger partial charge in [0.15, 0.2) is 0 Å². The van der Waals surface area contributed by atoms with Crippen molar-refractivity contribution < 1.29 is 5.11 Å².